The van der Waals surface area contributed by atoms with Gasteiger partial charge in [-0.05, 0) is 52.3 Å². The summed E-state index contributed by atoms with van der Waals surface area (Å²) in [5.41, 5.74) is 11.2. The number of furan rings is 1. The number of aryl methyl sites for hydroxylation is 1. The second-order valence-corrected chi connectivity index (χ2v) is 18.9. The molecule has 4 nitrogen and oxygen atoms in total. The van der Waals surface area contributed by atoms with Crippen molar-refractivity contribution < 1.29 is 24.5 Å². The van der Waals surface area contributed by atoms with Crippen molar-refractivity contribution in [3.63, 3.8) is 0 Å². The number of hydrogen-bond donors (Lipinski definition) is 0. The molecule has 0 amide bonds. The number of pyridine rings is 1. The molecular weight excluding hydrogens is 831 g/mol. The summed E-state index contributed by atoms with van der Waals surface area (Å²) in [6, 6.07) is 56.6. The summed E-state index contributed by atoms with van der Waals surface area (Å²) in [5, 5.41) is 3.57. The summed E-state index contributed by atoms with van der Waals surface area (Å²) < 4.78 is 8.54. The molecule has 6 heteroatoms. The number of benzene rings is 6. The van der Waals surface area contributed by atoms with Gasteiger partial charge >= 0.3 is 0 Å². The third-order valence-electron chi connectivity index (χ3n) is 9.21. The van der Waals surface area contributed by atoms with E-state index in [4.69, 9.17) is 9.40 Å². The molecule has 0 unspecified atom stereocenters. The van der Waals surface area contributed by atoms with Crippen LogP contribution in [0.3, 0.4) is 0 Å². The van der Waals surface area contributed by atoms with E-state index in [0.29, 0.717) is 0 Å². The van der Waals surface area contributed by atoms with Crippen molar-refractivity contribution in [1.82, 2.24) is 14.5 Å². The minimum absolute atomic E-state index is 0. The zero-order chi connectivity index (χ0) is 35.0. The average Bonchev–Trinajstić information content (AvgIpc) is 3.75. The topological polar surface area (TPSA) is 43.9 Å². The van der Waals surface area contributed by atoms with Crippen molar-refractivity contribution in [2.45, 2.75) is 26.6 Å². The number of fused-ring (bicyclic) bond motifs is 4. The summed E-state index contributed by atoms with van der Waals surface area (Å²) in [4.78, 5) is 9.60. The van der Waals surface area contributed by atoms with Crippen molar-refractivity contribution >= 4 is 46.2 Å². The van der Waals surface area contributed by atoms with E-state index in [-0.39, 0.29) is 20.1 Å². The average molecular weight is 868 g/mol. The number of aromatic nitrogens is 3. The molecule has 0 aliphatic heterocycles. The van der Waals surface area contributed by atoms with Crippen molar-refractivity contribution in [2.75, 3.05) is 0 Å². The van der Waals surface area contributed by atoms with Crippen LogP contribution in [0, 0.1) is 19.1 Å². The molecule has 0 saturated heterocycles. The summed E-state index contributed by atoms with van der Waals surface area (Å²) in [7, 11) is -1.24. The third kappa shape index (κ3) is 6.93. The normalized spacial score (nSPS) is 11.3. The molecule has 0 N–H and O–H groups in total. The summed E-state index contributed by atoms with van der Waals surface area (Å²) in [5.74, 6) is 0.816. The molecule has 1 radical (unpaired) electrons. The molecule has 3 heterocycles. The van der Waals surface area contributed by atoms with Gasteiger partial charge in [-0.15, -0.1) is 53.6 Å². The second kappa shape index (κ2) is 14.7. The van der Waals surface area contributed by atoms with Crippen LogP contribution in [0.15, 0.2) is 156 Å². The van der Waals surface area contributed by atoms with E-state index in [0.717, 1.165) is 66.9 Å². The maximum absolute atomic E-state index is 6.33. The maximum atomic E-state index is 6.33. The van der Waals surface area contributed by atoms with Crippen LogP contribution in [0.5, 0.6) is 0 Å². The molecular formula is C46H37IrN3OSi-2. The Morgan fingerprint density at radius 3 is 2.23 bits per heavy atom. The smallest absolute Gasteiger partial charge is 0.120 e. The van der Waals surface area contributed by atoms with E-state index in [1.54, 1.807) is 0 Å². The Kier molecular flexibility index (Phi) is 9.89. The van der Waals surface area contributed by atoms with E-state index in [1.165, 1.54) is 16.3 Å². The van der Waals surface area contributed by atoms with Crippen molar-refractivity contribution in [3.8, 4) is 39.5 Å². The summed E-state index contributed by atoms with van der Waals surface area (Å²) in [6.45, 7) is 9.08. The largest absolute Gasteiger partial charge is 0.501 e. The van der Waals surface area contributed by atoms with Gasteiger partial charge in [0.2, 0.25) is 0 Å². The monoisotopic (exact) mass is 868 g/mol. The predicted octanol–water partition coefficient (Wildman–Crippen LogP) is 11.5. The summed E-state index contributed by atoms with van der Waals surface area (Å²) >= 11 is 0. The first-order chi connectivity index (χ1) is 24.8. The van der Waals surface area contributed by atoms with Gasteiger partial charge in [0.1, 0.15) is 5.58 Å². The van der Waals surface area contributed by atoms with Gasteiger partial charge in [0.25, 0.3) is 0 Å². The van der Waals surface area contributed by atoms with Gasteiger partial charge in [0.15, 0.2) is 0 Å². The van der Waals surface area contributed by atoms with Crippen LogP contribution in [0.1, 0.15) is 5.56 Å². The fraction of sp³-hybridized carbons (Fsp3) is 0.0870. The van der Waals surface area contributed by atoms with Crippen LogP contribution in [0.4, 0.5) is 0 Å². The van der Waals surface area contributed by atoms with E-state index in [1.807, 2.05) is 48.7 Å². The van der Waals surface area contributed by atoms with Crippen molar-refractivity contribution in [2.24, 2.45) is 0 Å². The van der Waals surface area contributed by atoms with Gasteiger partial charge in [-0.3, -0.25) is 4.98 Å². The molecule has 0 saturated carbocycles. The van der Waals surface area contributed by atoms with Crippen LogP contribution < -0.4 is 5.19 Å². The minimum atomic E-state index is -1.24. The molecule has 3 aromatic heterocycles. The Labute approximate surface area is 319 Å². The molecule has 52 heavy (non-hydrogen) atoms. The van der Waals surface area contributed by atoms with E-state index in [2.05, 4.69) is 151 Å². The summed E-state index contributed by atoms with van der Waals surface area (Å²) in [6.07, 6.45) is 2.02. The van der Waals surface area contributed by atoms with Gasteiger partial charge in [0, 0.05) is 37.4 Å². The first-order valence-electron chi connectivity index (χ1n) is 17.2. The van der Waals surface area contributed by atoms with Crippen LogP contribution in [-0.4, -0.2) is 22.6 Å². The van der Waals surface area contributed by atoms with E-state index >= 15 is 0 Å². The molecule has 257 valence electrons. The molecule has 0 aliphatic rings. The van der Waals surface area contributed by atoms with Crippen LogP contribution in [0.25, 0.3) is 72.4 Å². The van der Waals surface area contributed by atoms with E-state index < -0.39 is 8.07 Å². The third-order valence-corrected chi connectivity index (χ3v) is 11.2. The van der Waals surface area contributed by atoms with Gasteiger partial charge in [0.05, 0.1) is 30.5 Å². The van der Waals surface area contributed by atoms with Gasteiger partial charge < -0.3 is 14.0 Å². The van der Waals surface area contributed by atoms with Crippen LogP contribution >= 0.6 is 0 Å². The standard InChI is InChI=1S/C31H19N2O.C15H18NSi.Ir/c1-2-10-21(11-3-1)22-12-8-13-23(20-22)33-28-18-6-5-17-27(28)32-31(33)26-16-9-15-25-24-14-4-7-19-29(24)34-30(25)26;1-12-5-7-13(8-6-12)15-10-9-14(11-16-15)17(2,3)4;/h1-15,17-20H;5-7,9-11H,1-4H3;/q2*-1;. The predicted molar refractivity (Wildman–Crippen MR) is 214 cm³/mol. The Morgan fingerprint density at radius 2 is 1.46 bits per heavy atom. The fourth-order valence-electron chi connectivity index (χ4n) is 6.43. The Morgan fingerprint density at radius 1 is 0.692 bits per heavy atom. The van der Waals surface area contributed by atoms with Gasteiger partial charge in [-0.1, -0.05) is 122 Å². The molecule has 0 aliphatic carbocycles. The molecule has 0 spiro atoms. The van der Waals surface area contributed by atoms with Crippen LogP contribution in [0.2, 0.25) is 19.6 Å². The Balaban J connectivity index is 0.000000198. The van der Waals surface area contributed by atoms with Gasteiger partial charge in [-0.2, -0.15) is 0 Å². The zero-order valence-corrected chi connectivity index (χ0v) is 32.9. The molecule has 0 fully saturated rings. The van der Waals surface area contributed by atoms with Crippen molar-refractivity contribution in [3.05, 3.63) is 169 Å². The SMILES string of the molecule is Cc1c[c-]c(-c2ccc([Si](C)(C)C)cn2)cc1.[Ir].[c-]1ccc2c(oc3ccccc32)c1-c1nc2ccccc2n1-c1cccc(-c2ccccc2)c1. The second-order valence-electron chi connectivity index (χ2n) is 13.8. The van der Waals surface area contributed by atoms with Crippen molar-refractivity contribution in [1.29, 1.82) is 0 Å². The number of nitrogens with zero attached hydrogens (tertiary/aromatic N) is 3. The van der Waals surface area contributed by atoms with Gasteiger partial charge in [-0.25, -0.2) is 0 Å². The number of para-hydroxylation sites is 3. The Bertz CT molecular complexity index is 2620. The fourth-order valence-corrected chi connectivity index (χ4v) is 7.46. The molecule has 9 aromatic rings. The number of hydrogen-bond acceptors (Lipinski definition) is 3. The minimum Gasteiger partial charge on any atom is -0.501 e. The first-order valence-corrected chi connectivity index (χ1v) is 20.7. The quantitative estimate of drug-likeness (QED) is 0.128. The Hall–Kier alpha value is -5.39. The number of rotatable bonds is 5. The first kappa shape index (κ1) is 35.0. The molecule has 9 rings (SSSR count). The maximum Gasteiger partial charge on any atom is 0.120 e. The zero-order valence-electron chi connectivity index (χ0n) is 29.5. The molecule has 0 atom stereocenters. The van der Waals surface area contributed by atoms with Crippen LogP contribution in [-0.2, 0) is 20.1 Å². The molecule has 6 aromatic carbocycles. The number of imidazole rings is 1. The molecule has 0 bridgehead atoms. The van der Waals surface area contributed by atoms with E-state index in [9.17, 15) is 0 Å².